The Morgan fingerprint density at radius 2 is 2.09 bits per heavy atom. The number of carboxylic acids is 1. The van der Waals surface area contributed by atoms with E-state index in [2.05, 4.69) is 11.1 Å². The average Bonchev–Trinajstić information content (AvgIpc) is 1.86. The van der Waals surface area contributed by atoms with Crippen molar-refractivity contribution in [2.45, 2.75) is 6.42 Å². The first-order valence-electron chi connectivity index (χ1n) is 2.76. The first-order valence-corrected chi connectivity index (χ1v) is 3.92. The summed E-state index contributed by atoms with van der Waals surface area (Å²) in [6.07, 6.45) is 0.0925. The molecule has 5 nitrogen and oxygen atoms in total. The van der Waals surface area contributed by atoms with Gasteiger partial charge < -0.3 is 19.4 Å². The molecule has 0 rings (SSSR count). The highest BCUT2D eigenvalue weighted by atomic mass is 31.2. The minimum atomic E-state index is -2.38. The van der Waals surface area contributed by atoms with Crippen molar-refractivity contribution in [2.75, 3.05) is 6.61 Å². The van der Waals surface area contributed by atoms with E-state index in [1.165, 1.54) is 0 Å². The van der Waals surface area contributed by atoms with Crippen LogP contribution < -0.4 is 0 Å². The third-order valence-corrected chi connectivity index (χ3v) is 1.33. The molecule has 0 unspecified atom stereocenters. The summed E-state index contributed by atoms with van der Waals surface area (Å²) in [5.74, 6) is -1.10. The summed E-state index contributed by atoms with van der Waals surface area (Å²) in [6.45, 7) is 3.18. The molecule has 0 amide bonds. The largest absolute Gasteiger partial charge is 0.478 e. The van der Waals surface area contributed by atoms with Crippen molar-refractivity contribution in [1.29, 1.82) is 0 Å². The van der Waals surface area contributed by atoms with Crippen molar-refractivity contribution in [3.63, 3.8) is 0 Å². The molecule has 0 radical (unpaired) electrons. The van der Waals surface area contributed by atoms with Crippen molar-refractivity contribution >= 4 is 14.6 Å². The maximum Gasteiger partial charge on any atom is 0.331 e. The number of hydrogen-bond donors (Lipinski definition) is 3. The molecule has 0 aromatic carbocycles. The van der Waals surface area contributed by atoms with Crippen LogP contribution in [-0.4, -0.2) is 27.5 Å². The van der Waals surface area contributed by atoms with Crippen molar-refractivity contribution < 1.29 is 24.2 Å². The summed E-state index contributed by atoms with van der Waals surface area (Å²) < 4.78 is 4.31. The van der Waals surface area contributed by atoms with Crippen LogP contribution in [0, 0.1) is 0 Å². The van der Waals surface area contributed by atoms with Crippen molar-refractivity contribution in [3.05, 3.63) is 12.2 Å². The van der Waals surface area contributed by atoms with Gasteiger partial charge in [-0.1, -0.05) is 6.58 Å². The Morgan fingerprint density at radius 1 is 1.55 bits per heavy atom. The van der Waals surface area contributed by atoms with Crippen LogP contribution in [-0.2, 0) is 9.32 Å². The number of carboxylic acid groups (broad SMARTS) is 1. The zero-order valence-electron chi connectivity index (χ0n) is 5.73. The van der Waals surface area contributed by atoms with E-state index in [1.807, 2.05) is 0 Å². The Morgan fingerprint density at radius 3 is 2.45 bits per heavy atom. The van der Waals surface area contributed by atoms with Crippen LogP contribution in [0.5, 0.6) is 0 Å². The number of carbonyl (C=O) groups is 1. The van der Waals surface area contributed by atoms with Gasteiger partial charge in [-0.2, -0.15) is 0 Å². The molecule has 0 aliphatic carbocycles. The molecule has 0 aromatic rings. The summed E-state index contributed by atoms with van der Waals surface area (Å²) in [4.78, 5) is 26.6. The van der Waals surface area contributed by atoms with Crippen LogP contribution in [0.15, 0.2) is 12.2 Å². The van der Waals surface area contributed by atoms with E-state index >= 15 is 0 Å². The van der Waals surface area contributed by atoms with Gasteiger partial charge in [-0.05, 0) is 0 Å². The molecule has 64 valence electrons. The predicted molar refractivity (Wildman–Crippen MR) is 38.7 cm³/mol. The molecule has 0 spiro atoms. The lowest BCUT2D eigenvalue weighted by Gasteiger charge is -2.02. The predicted octanol–water partition coefficient (Wildman–Crippen LogP) is 0.245. The molecule has 6 heteroatoms. The van der Waals surface area contributed by atoms with E-state index in [-0.39, 0.29) is 18.6 Å². The van der Waals surface area contributed by atoms with Gasteiger partial charge in [-0.3, -0.25) is 0 Å². The molecule has 0 aliphatic rings. The maximum atomic E-state index is 10.1. The van der Waals surface area contributed by atoms with Gasteiger partial charge in [0, 0.05) is 12.0 Å². The molecular formula is C5H9O5P. The van der Waals surface area contributed by atoms with Crippen LogP contribution in [0.1, 0.15) is 6.42 Å². The fraction of sp³-hybridized carbons (Fsp3) is 0.400. The molecule has 0 atom stereocenters. The average molecular weight is 180 g/mol. The minimum Gasteiger partial charge on any atom is -0.478 e. The number of rotatable bonds is 5. The van der Waals surface area contributed by atoms with Crippen molar-refractivity contribution in [3.8, 4) is 0 Å². The zero-order chi connectivity index (χ0) is 8.85. The maximum absolute atomic E-state index is 10.1. The lowest BCUT2D eigenvalue weighted by atomic mass is 10.2. The van der Waals surface area contributed by atoms with Gasteiger partial charge in [-0.15, -0.1) is 0 Å². The van der Waals surface area contributed by atoms with Crippen molar-refractivity contribution in [1.82, 2.24) is 0 Å². The summed E-state index contributed by atoms with van der Waals surface area (Å²) in [7, 11) is -2.38. The first-order chi connectivity index (χ1) is 5.04. The molecule has 0 heterocycles. The van der Waals surface area contributed by atoms with E-state index < -0.39 is 14.6 Å². The Bertz CT molecular complexity index is 155. The summed E-state index contributed by atoms with van der Waals surface area (Å²) in [5, 5.41) is 8.27. The van der Waals surface area contributed by atoms with Crippen LogP contribution in [0.4, 0.5) is 0 Å². The quantitative estimate of drug-likeness (QED) is 0.416. The highest BCUT2D eigenvalue weighted by Gasteiger charge is 2.05. The van der Waals surface area contributed by atoms with E-state index in [0.717, 1.165) is 0 Å². The summed E-state index contributed by atoms with van der Waals surface area (Å²) in [5.41, 5.74) is -0.0122. The highest BCUT2D eigenvalue weighted by Crippen LogP contribution is 2.24. The fourth-order valence-electron chi connectivity index (χ4n) is 0.357. The molecule has 3 N–H and O–H groups in total. The van der Waals surface area contributed by atoms with Crippen LogP contribution in [0.25, 0.3) is 0 Å². The molecule has 0 saturated carbocycles. The topological polar surface area (TPSA) is 87.0 Å². The third kappa shape index (κ3) is 5.94. The van der Waals surface area contributed by atoms with E-state index in [4.69, 9.17) is 14.9 Å². The van der Waals surface area contributed by atoms with Gasteiger partial charge in [-0.25, -0.2) is 4.79 Å². The van der Waals surface area contributed by atoms with E-state index in [0.29, 0.717) is 0 Å². The Hall–Kier alpha value is -0.480. The number of hydrogen-bond acceptors (Lipinski definition) is 4. The van der Waals surface area contributed by atoms with E-state index in [1.54, 1.807) is 0 Å². The third-order valence-electron chi connectivity index (χ3n) is 0.913. The molecule has 0 fully saturated rings. The highest BCUT2D eigenvalue weighted by molar-refractivity contribution is 7.39. The molecule has 11 heavy (non-hydrogen) atoms. The molecule has 0 bridgehead atoms. The smallest absolute Gasteiger partial charge is 0.331 e. The monoisotopic (exact) mass is 180 g/mol. The SMILES string of the molecule is C=C(CCOP(O)O)C(=O)O. The van der Waals surface area contributed by atoms with Gasteiger partial charge in [0.2, 0.25) is 0 Å². The lowest BCUT2D eigenvalue weighted by Crippen LogP contribution is -2.01. The minimum absolute atomic E-state index is 0.0122. The summed E-state index contributed by atoms with van der Waals surface area (Å²) in [6, 6.07) is 0. The van der Waals surface area contributed by atoms with Gasteiger partial charge >= 0.3 is 14.6 Å². The van der Waals surface area contributed by atoms with Crippen LogP contribution in [0.2, 0.25) is 0 Å². The second kappa shape index (κ2) is 5.21. The van der Waals surface area contributed by atoms with Crippen LogP contribution in [0.3, 0.4) is 0 Å². The Balaban J connectivity index is 3.40. The Kier molecular flexibility index (Phi) is 4.98. The normalized spacial score (nSPS) is 10.1. The van der Waals surface area contributed by atoms with E-state index in [9.17, 15) is 4.79 Å². The Labute approximate surface area is 64.9 Å². The standard InChI is InChI=1S/C5H9O5P/c1-4(5(6)7)2-3-10-11(8)9/h8-9H,1-3H2,(H,6,7). The lowest BCUT2D eigenvalue weighted by molar-refractivity contribution is -0.132. The summed E-state index contributed by atoms with van der Waals surface area (Å²) >= 11 is 0. The first kappa shape index (κ1) is 10.5. The van der Waals surface area contributed by atoms with Gasteiger partial charge in [0.15, 0.2) is 0 Å². The zero-order valence-corrected chi connectivity index (χ0v) is 6.62. The van der Waals surface area contributed by atoms with Gasteiger partial charge in [0.25, 0.3) is 0 Å². The van der Waals surface area contributed by atoms with Gasteiger partial charge in [0.05, 0.1) is 6.61 Å². The molecule has 0 aromatic heterocycles. The molecular weight excluding hydrogens is 171 g/mol. The fourth-order valence-corrected chi connectivity index (χ4v) is 0.612. The molecule has 0 aliphatic heterocycles. The van der Waals surface area contributed by atoms with Crippen molar-refractivity contribution in [2.24, 2.45) is 0 Å². The molecule has 0 saturated heterocycles. The van der Waals surface area contributed by atoms with Gasteiger partial charge in [0.1, 0.15) is 0 Å². The second-order valence-electron chi connectivity index (χ2n) is 1.74. The number of aliphatic carboxylic acids is 1. The second-order valence-corrected chi connectivity index (χ2v) is 2.51. The van der Waals surface area contributed by atoms with Crippen LogP contribution >= 0.6 is 8.60 Å².